The standard InChI is InChI=1S/C9H16N6O2/c1-6(16)11-13-8(17)5-15-4-7(12-14-15)9(2,3)10/h4H,5,10H2,1-3H3,(H,11,16)(H,13,17). The average Bonchev–Trinajstić information content (AvgIpc) is 2.62. The number of nitrogens with one attached hydrogen (secondary N) is 2. The number of aromatic nitrogens is 3. The van der Waals surface area contributed by atoms with Gasteiger partial charge in [-0.1, -0.05) is 5.21 Å². The van der Waals surface area contributed by atoms with Crippen molar-refractivity contribution in [3.05, 3.63) is 11.9 Å². The third kappa shape index (κ3) is 4.19. The first-order valence-corrected chi connectivity index (χ1v) is 5.04. The molecule has 0 aromatic carbocycles. The Bertz CT molecular complexity index is 419. The van der Waals surface area contributed by atoms with Crippen LogP contribution in [0.25, 0.3) is 0 Å². The quantitative estimate of drug-likeness (QED) is 0.564. The molecule has 94 valence electrons. The van der Waals surface area contributed by atoms with Gasteiger partial charge in [-0.05, 0) is 13.8 Å². The van der Waals surface area contributed by atoms with Crippen molar-refractivity contribution < 1.29 is 9.59 Å². The second kappa shape index (κ2) is 4.91. The van der Waals surface area contributed by atoms with Crippen LogP contribution in [0.5, 0.6) is 0 Å². The summed E-state index contributed by atoms with van der Waals surface area (Å²) >= 11 is 0. The van der Waals surface area contributed by atoms with Gasteiger partial charge in [-0.3, -0.25) is 20.4 Å². The molecule has 0 unspecified atom stereocenters. The summed E-state index contributed by atoms with van der Waals surface area (Å²) in [6.45, 7) is 4.84. The Morgan fingerprint density at radius 3 is 2.59 bits per heavy atom. The van der Waals surface area contributed by atoms with Crippen LogP contribution in [-0.2, 0) is 21.7 Å². The van der Waals surface area contributed by atoms with Crippen molar-refractivity contribution in [2.45, 2.75) is 32.9 Å². The number of amides is 2. The first-order chi connectivity index (χ1) is 7.79. The lowest BCUT2D eigenvalue weighted by Gasteiger charge is -2.13. The molecule has 8 heteroatoms. The third-order valence-electron chi connectivity index (χ3n) is 1.88. The van der Waals surface area contributed by atoms with E-state index in [2.05, 4.69) is 21.2 Å². The molecule has 1 aromatic heterocycles. The van der Waals surface area contributed by atoms with Crippen LogP contribution in [0, 0.1) is 0 Å². The van der Waals surface area contributed by atoms with Gasteiger partial charge in [0, 0.05) is 6.92 Å². The lowest BCUT2D eigenvalue weighted by molar-refractivity contribution is -0.128. The largest absolute Gasteiger partial charge is 0.320 e. The van der Waals surface area contributed by atoms with E-state index in [1.807, 2.05) is 0 Å². The number of rotatable bonds is 3. The van der Waals surface area contributed by atoms with Crippen molar-refractivity contribution in [2.75, 3.05) is 0 Å². The molecule has 0 aliphatic rings. The molecular formula is C9H16N6O2. The SMILES string of the molecule is CC(=O)NNC(=O)Cn1cc(C(C)(C)N)nn1. The summed E-state index contributed by atoms with van der Waals surface area (Å²) < 4.78 is 1.35. The van der Waals surface area contributed by atoms with Crippen molar-refractivity contribution in [1.29, 1.82) is 0 Å². The summed E-state index contributed by atoms with van der Waals surface area (Å²) in [7, 11) is 0. The maximum Gasteiger partial charge on any atom is 0.260 e. The highest BCUT2D eigenvalue weighted by Crippen LogP contribution is 2.11. The predicted octanol–water partition coefficient (Wildman–Crippen LogP) is -1.36. The average molecular weight is 240 g/mol. The van der Waals surface area contributed by atoms with Gasteiger partial charge < -0.3 is 5.73 Å². The van der Waals surface area contributed by atoms with E-state index in [4.69, 9.17) is 5.73 Å². The van der Waals surface area contributed by atoms with Crippen LogP contribution in [0.4, 0.5) is 0 Å². The Morgan fingerprint density at radius 2 is 2.12 bits per heavy atom. The highest BCUT2D eigenvalue weighted by Gasteiger charge is 2.18. The molecule has 0 bridgehead atoms. The van der Waals surface area contributed by atoms with E-state index in [0.717, 1.165) is 0 Å². The number of carbonyl (C=O) groups is 2. The van der Waals surface area contributed by atoms with Crippen LogP contribution < -0.4 is 16.6 Å². The van der Waals surface area contributed by atoms with Crippen LogP contribution in [0.15, 0.2) is 6.20 Å². The van der Waals surface area contributed by atoms with Crippen LogP contribution in [0.2, 0.25) is 0 Å². The van der Waals surface area contributed by atoms with E-state index >= 15 is 0 Å². The van der Waals surface area contributed by atoms with Gasteiger partial charge in [-0.15, -0.1) is 5.10 Å². The minimum atomic E-state index is -0.605. The van der Waals surface area contributed by atoms with Crippen molar-refractivity contribution >= 4 is 11.8 Å². The first kappa shape index (κ1) is 13.1. The summed E-state index contributed by atoms with van der Waals surface area (Å²) in [6.07, 6.45) is 1.59. The van der Waals surface area contributed by atoms with Crippen LogP contribution in [0.1, 0.15) is 26.5 Å². The summed E-state index contributed by atoms with van der Waals surface area (Å²) in [6, 6.07) is 0. The zero-order valence-electron chi connectivity index (χ0n) is 10.0. The number of carbonyl (C=O) groups excluding carboxylic acids is 2. The van der Waals surface area contributed by atoms with E-state index in [-0.39, 0.29) is 12.5 Å². The fraction of sp³-hybridized carbons (Fsp3) is 0.556. The molecule has 2 amide bonds. The van der Waals surface area contributed by atoms with Gasteiger partial charge in [0.25, 0.3) is 5.91 Å². The van der Waals surface area contributed by atoms with Gasteiger partial charge in [-0.2, -0.15) is 0 Å². The minimum absolute atomic E-state index is 0.0383. The lowest BCUT2D eigenvalue weighted by Crippen LogP contribution is -2.42. The van der Waals surface area contributed by atoms with Gasteiger partial charge in [0.2, 0.25) is 5.91 Å². The molecule has 0 fully saturated rings. The van der Waals surface area contributed by atoms with Crippen molar-refractivity contribution in [1.82, 2.24) is 25.8 Å². The Kier molecular flexibility index (Phi) is 3.79. The Morgan fingerprint density at radius 1 is 1.47 bits per heavy atom. The van der Waals surface area contributed by atoms with Crippen molar-refractivity contribution in [3.63, 3.8) is 0 Å². The molecule has 1 rings (SSSR count). The molecule has 0 aliphatic carbocycles. The molecule has 1 aromatic rings. The molecule has 1 heterocycles. The van der Waals surface area contributed by atoms with Crippen molar-refractivity contribution in [2.24, 2.45) is 5.73 Å². The summed E-state index contributed by atoms with van der Waals surface area (Å²) in [5.74, 6) is -0.743. The Hall–Kier alpha value is -1.96. The fourth-order valence-electron chi connectivity index (χ4n) is 1.02. The Balaban J connectivity index is 2.55. The Labute approximate surface area is 98.5 Å². The lowest BCUT2D eigenvalue weighted by atomic mass is 10.0. The zero-order chi connectivity index (χ0) is 13.1. The van der Waals surface area contributed by atoms with Crippen LogP contribution in [-0.4, -0.2) is 26.8 Å². The summed E-state index contributed by atoms with van der Waals surface area (Å²) in [5.41, 5.74) is 10.2. The van der Waals surface area contributed by atoms with Crippen LogP contribution in [0.3, 0.4) is 0 Å². The maximum absolute atomic E-state index is 11.3. The molecular weight excluding hydrogens is 224 g/mol. The summed E-state index contributed by atoms with van der Waals surface area (Å²) in [5, 5.41) is 7.62. The van der Waals surface area contributed by atoms with E-state index in [9.17, 15) is 9.59 Å². The molecule has 0 saturated carbocycles. The molecule has 0 radical (unpaired) electrons. The van der Waals surface area contributed by atoms with E-state index in [0.29, 0.717) is 5.69 Å². The minimum Gasteiger partial charge on any atom is -0.320 e. The van der Waals surface area contributed by atoms with Gasteiger partial charge >= 0.3 is 0 Å². The van der Waals surface area contributed by atoms with E-state index in [1.165, 1.54) is 11.6 Å². The second-order valence-corrected chi connectivity index (χ2v) is 4.25. The highest BCUT2D eigenvalue weighted by atomic mass is 16.2. The molecule has 0 saturated heterocycles. The van der Waals surface area contributed by atoms with Gasteiger partial charge in [0.1, 0.15) is 12.2 Å². The van der Waals surface area contributed by atoms with Gasteiger partial charge in [-0.25, -0.2) is 4.68 Å². The van der Waals surface area contributed by atoms with Crippen LogP contribution >= 0.6 is 0 Å². The summed E-state index contributed by atoms with van der Waals surface area (Å²) in [4.78, 5) is 21.9. The third-order valence-corrected chi connectivity index (χ3v) is 1.88. The topological polar surface area (TPSA) is 115 Å². The predicted molar refractivity (Wildman–Crippen MR) is 59.2 cm³/mol. The fourth-order valence-corrected chi connectivity index (χ4v) is 1.02. The molecule has 0 aliphatic heterocycles. The van der Waals surface area contributed by atoms with E-state index in [1.54, 1.807) is 20.0 Å². The zero-order valence-corrected chi connectivity index (χ0v) is 10.0. The number of hydrogen-bond donors (Lipinski definition) is 3. The molecule has 0 atom stereocenters. The molecule has 8 nitrogen and oxygen atoms in total. The monoisotopic (exact) mass is 240 g/mol. The number of hydrogen-bond acceptors (Lipinski definition) is 5. The van der Waals surface area contributed by atoms with Gasteiger partial charge in [0.15, 0.2) is 0 Å². The molecule has 4 N–H and O–H groups in total. The highest BCUT2D eigenvalue weighted by molar-refractivity contribution is 5.80. The van der Waals surface area contributed by atoms with Crippen molar-refractivity contribution in [3.8, 4) is 0 Å². The second-order valence-electron chi connectivity index (χ2n) is 4.25. The number of nitrogens with zero attached hydrogens (tertiary/aromatic N) is 3. The van der Waals surface area contributed by atoms with Gasteiger partial charge in [0.05, 0.1) is 11.7 Å². The maximum atomic E-state index is 11.3. The normalized spacial score (nSPS) is 11.1. The smallest absolute Gasteiger partial charge is 0.260 e. The molecule has 0 spiro atoms. The number of nitrogens with two attached hydrogens (primary N) is 1. The first-order valence-electron chi connectivity index (χ1n) is 5.04. The van der Waals surface area contributed by atoms with E-state index < -0.39 is 11.4 Å². The number of hydrazine groups is 1. The molecule has 17 heavy (non-hydrogen) atoms.